The molecule has 2 unspecified atom stereocenters. The SMILES string of the molecule is COC[C@]12CCC(O[Si](c3ccccc3)(c3ccccc3)c3ccccc3)CC1CC[C@@H]1[C@H]2CC[C@]2(C)C(=O)CC[C@@H]12. The standard InChI is InChI=1S/C38H46O3Si/c1-37-24-23-35-33(34(37)20-21-36(37)39)19-18-28-26-29(22-25-38(28,35)27-40-2)41-42(30-12-6-3-7-13-30,31-14-8-4-9-15-31)32-16-10-5-11-17-32/h3-17,28-29,33-35H,18-27H2,1-2H3/t28?,29?,33-,34-,35+,37-,38+/m0/s1. The number of ether oxygens (including phenoxy) is 1. The van der Waals surface area contributed by atoms with Crippen LogP contribution in [-0.2, 0) is 14.0 Å². The molecule has 0 aliphatic heterocycles. The fourth-order valence-corrected chi connectivity index (χ4v) is 14.5. The van der Waals surface area contributed by atoms with Crippen molar-refractivity contribution in [1.82, 2.24) is 0 Å². The number of carbonyl (C=O) groups excluding carboxylic acids is 1. The van der Waals surface area contributed by atoms with Gasteiger partial charge in [0.25, 0.3) is 8.32 Å². The first-order valence-electron chi connectivity index (χ1n) is 16.4. The van der Waals surface area contributed by atoms with Crippen LogP contribution in [0, 0.1) is 34.5 Å². The first-order chi connectivity index (χ1) is 20.5. The summed E-state index contributed by atoms with van der Waals surface area (Å²) in [6.07, 6.45) is 10.2. The van der Waals surface area contributed by atoms with E-state index in [-0.39, 0.29) is 16.9 Å². The molecule has 42 heavy (non-hydrogen) atoms. The van der Waals surface area contributed by atoms with Crippen molar-refractivity contribution in [3.63, 3.8) is 0 Å². The molecule has 0 heterocycles. The zero-order chi connectivity index (χ0) is 28.8. The smallest absolute Gasteiger partial charge is 0.288 e. The lowest BCUT2D eigenvalue weighted by atomic mass is 9.45. The van der Waals surface area contributed by atoms with Crippen LogP contribution in [0.5, 0.6) is 0 Å². The molecule has 7 atom stereocenters. The Morgan fingerprint density at radius 3 is 1.90 bits per heavy atom. The van der Waals surface area contributed by atoms with E-state index < -0.39 is 8.32 Å². The van der Waals surface area contributed by atoms with Crippen LogP contribution < -0.4 is 15.6 Å². The molecule has 0 N–H and O–H groups in total. The Kier molecular flexibility index (Phi) is 7.53. The van der Waals surface area contributed by atoms with E-state index in [9.17, 15) is 4.79 Å². The Morgan fingerprint density at radius 2 is 1.33 bits per heavy atom. The predicted molar refractivity (Wildman–Crippen MR) is 172 cm³/mol. The number of benzene rings is 3. The zero-order valence-corrected chi connectivity index (χ0v) is 26.3. The monoisotopic (exact) mass is 578 g/mol. The molecule has 0 saturated heterocycles. The largest absolute Gasteiger partial charge is 0.401 e. The van der Waals surface area contributed by atoms with Gasteiger partial charge in [0, 0.05) is 25.0 Å². The highest BCUT2D eigenvalue weighted by Gasteiger charge is 2.62. The van der Waals surface area contributed by atoms with Gasteiger partial charge < -0.3 is 9.16 Å². The molecule has 4 saturated carbocycles. The quantitative estimate of drug-likeness (QED) is 0.245. The second-order valence-corrected chi connectivity index (χ2v) is 17.4. The Morgan fingerprint density at radius 1 is 0.738 bits per heavy atom. The number of ketones is 1. The van der Waals surface area contributed by atoms with Gasteiger partial charge in [0.2, 0.25) is 0 Å². The van der Waals surface area contributed by atoms with Gasteiger partial charge in [0.15, 0.2) is 0 Å². The first-order valence-corrected chi connectivity index (χ1v) is 18.3. The molecular formula is C38H46O3Si. The summed E-state index contributed by atoms with van der Waals surface area (Å²) in [5.74, 6) is 3.05. The van der Waals surface area contributed by atoms with E-state index in [1.165, 1.54) is 34.8 Å². The molecule has 4 heteroatoms. The fraction of sp³-hybridized carbons (Fsp3) is 0.500. The minimum atomic E-state index is -2.75. The minimum absolute atomic E-state index is 0.0746. The molecule has 0 bridgehead atoms. The minimum Gasteiger partial charge on any atom is -0.401 e. The van der Waals surface area contributed by atoms with Crippen LogP contribution in [0.3, 0.4) is 0 Å². The number of methoxy groups -OCH3 is 1. The highest BCUT2D eigenvalue weighted by Crippen LogP contribution is 2.65. The van der Waals surface area contributed by atoms with Gasteiger partial charge in [-0.1, -0.05) is 97.9 Å². The van der Waals surface area contributed by atoms with Crippen LogP contribution in [0.4, 0.5) is 0 Å². The number of rotatable bonds is 7. The van der Waals surface area contributed by atoms with E-state index in [1.807, 2.05) is 7.11 Å². The molecule has 0 spiro atoms. The van der Waals surface area contributed by atoms with Gasteiger partial charge in [0.05, 0.1) is 6.61 Å². The Hall–Kier alpha value is -2.53. The van der Waals surface area contributed by atoms with Gasteiger partial charge in [-0.25, -0.2) is 0 Å². The van der Waals surface area contributed by atoms with Gasteiger partial charge in [-0.05, 0) is 96.0 Å². The average molecular weight is 579 g/mol. The highest BCUT2D eigenvalue weighted by molar-refractivity contribution is 7.07. The van der Waals surface area contributed by atoms with Gasteiger partial charge in [0.1, 0.15) is 5.78 Å². The molecule has 3 nitrogen and oxygen atoms in total. The maximum atomic E-state index is 13.0. The van der Waals surface area contributed by atoms with Crippen molar-refractivity contribution in [2.45, 2.75) is 70.8 Å². The molecule has 0 radical (unpaired) electrons. The summed E-state index contributed by atoms with van der Waals surface area (Å²) in [6, 6.07) is 33.1. The van der Waals surface area contributed by atoms with Crippen molar-refractivity contribution in [2.24, 2.45) is 34.5 Å². The topological polar surface area (TPSA) is 35.5 Å². The number of fused-ring (bicyclic) bond motifs is 5. The van der Waals surface area contributed by atoms with E-state index in [2.05, 4.69) is 97.9 Å². The summed E-state index contributed by atoms with van der Waals surface area (Å²) in [4.78, 5) is 13.0. The molecule has 4 aliphatic rings. The molecule has 3 aromatic rings. The van der Waals surface area contributed by atoms with Crippen molar-refractivity contribution in [3.8, 4) is 0 Å². The summed E-state index contributed by atoms with van der Waals surface area (Å²) in [5, 5.41) is 3.95. The molecule has 3 aromatic carbocycles. The summed E-state index contributed by atoms with van der Waals surface area (Å²) in [7, 11) is -0.844. The predicted octanol–water partition coefficient (Wildman–Crippen LogP) is 6.28. The van der Waals surface area contributed by atoms with E-state index in [0.717, 1.165) is 45.1 Å². The van der Waals surface area contributed by atoms with E-state index in [1.54, 1.807) is 0 Å². The lowest BCUT2D eigenvalue weighted by Crippen LogP contribution is -2.71. The average Bonchev–Trinajstić information content (AvgIpc) is 3.35. The molecule has 0 aromatic heterocycles. The van der Waals surface area contributed by atoms with E-state index in [0.29, 0.717) is 29.5 Å². The zero-order valence-electron chi connectivity index (χ0n) is 25.3. The second kappa shape index (κ2) is 11.2. The van der Waals surface area contributed by atoms with Crippen LogP contribution in [0.1, 0.15) is 64.7 Å². The van der Waals surface area contributed by atoms with E-state index in [4.69, 9.17) is 9.16 Å². The Bertz CT molecular complexity index is 1280. The summed E-state index contributed by atoms with van der Waals surface area (Å²) < 4.78 is 13.8. The second-order valence-electron chi connectivity index (χ2n) is 14.0. The Balaban J connectivity index is 1.23. The van der Waals surface area contributed by atoms with Gasteiger partial charge in [-0.15, -0.1) is 0 Å². The fourth-order valence-electron chi connectivity index (χ4n) is 10.4. The number of carbonyl (C=O) groups is 1. The number of Topliss-reactive ketones (excluding diaryl/α,β-unsaturated/α-hetero) is 1. The molecule has 4 fully saturated rings. The highest BCUT2D eigenvalue weighted by atomic mass is 28.4. The van der Waals surface area contributed by atoms with Crippen LogP contribution in [0.2, 0.25) is 0 Å². The maximum Gasteiger partial charge on any atom is 0.288 e. The molecule has 7 rings (SSSR count). The molecule has 0 amide bonds. The van der Waals surface area contributed by atoms with Crippen molar-refractivity contribution >= 4 is 29.7 Å². The lowest BCUT2D eigenvalue weighted by molar-refractivity contribution is -0.158. The lowest BCUT2D eigenvalue weighted by Gasteiger charge is -2.61. The molecular weight excluding hydrogens is 533 g/mol. The van der Waals surface area contributed by atoms with E-state index >= 15 is 0 Å². The van der Waals surface area contributed by atoms with Crippen LogP contribution in [-0.4, -0.2) is 33.9 Å². The normalized spacial score (nSPS) is 34.3. The van der Waals surface area contributed by atoms with Crippen molar-refractivity contribution in [2.75, 3.05) is 13.7 Å². The van der Waals surface area contributed by atoms with Gasteiger partial charge >= 0.3 is 0 Å². The van der Waals surface area contributed by atoms with Crippen molar-refractivity contribution in [1.29, 1.82) is 0 Å². The molecule has 220 valence electrons. The summed E-state index contributed by atoms with van der Waals surface area (Å²) in [5.41, 5.74) is 0.135. The Labute approximate surface area is 253 Å². The number of hydrogen-bond donors (Lipinski definition) is 0. The third-order valence-electron chi connectivity index (χ3n) is 12.3. The molecule has 4 aliphatic carbocycles. The van der Waals surface area contributed by atoms with Crippen LogP contribution in [0.15, 0.2) is 91.0 Å². The summed E-state index contributed by atoms with van der Waals surface area (Å²) >= 11 is 0. The van der Waals surface area contributed by atoms with Crippen LogP contribution >= 0.6 is 0 Å². The maximum absolute atomic E-state index is 13.0. The van der Waals surface area contributed by atoms with Gasteiger partial charge in [-0.3, -0.25) is 4.79 Å². The van der Waals surface area contributed by atoms with Gasteiger partial charge in [-0.2, -0.15) is 0 Å². The van der Waals surface area contributed by atoms with Crippen molar-refractivity contribution in [3.05, 3.63) is 91.0 Å². The van der Waals surface area contributed by atoms with Crippen molar-refractivity contribution < 1.29 is 14.0 Å². The number of hydrogen-bond acceptors (Lipinski definition) is 3. The summed E-state index contributed by atoms with van der Waals surface area (Å²) in [6.45, 7) is 3.14. The third-order valence-corrected chi connectivity index (χ3v) is 16.4. The first kappa shape index (κ1) is 28.2. The van der Waals surface area contributed by atoms with Crippen LogP contribution in [0.25, 0.3) is 0 Å². The third kappa shape index (κ3) is 4.40.